The SMILES string of the molecule is CC(N)COc1cc(C(F)(F)F)cc(C(F)(F)F)c1. The Morgan fingerprint density at radius 3 is 1.74 bits per heavy atom. The van der Waals surface area contributed by atoms with Crippen molar-refractivity contribution >= 4 is 0 Å². The molecule has 1 aromatic rings. The molecule has 0 aliphatic heterocycles. The monoisotopic (exact) mass is 287 g/mol. The fourth-order valence-corrected chi connectivity index (χ4v) is 1.24. The summed E-state index contributed by atoms with van der Waals surface area (Å²) in [6.07, 6.45) is -9.76. The summed E-state index contributed by atoms with van der Waals surface area (Å²) in [5.41, 5.74) is 2.49. The van der Waals surface area contributed by atoms with Gasteiger partial charge in [0, 0.05) is 6.04 Å². The van der Waals surface area contributed by atoms with E-state index in [2.05, 4.69) is 0 Å². The summed E-state index contributed by atoms with van der Waals surface area (Å²) in [6.45, 7) is 1.33. The molecule has 0 bridgehead atoms. The fraction of sp³-hybridized carbons (Fsp3) is 0.455. The van der Waals surface area contributed by atoms with Crippen LogP contribution in [0.5, 0.6) is 5.75 Å². The first-order valence-corrected chi connectivity index (χ1v) is 5.18. The van der Waals surface area contributed by atoms with Gasteiger partial charge in [0.15, 0.2) is 0 Å². The van der Waals surface area contributed by atoms with Gasteiger partial charge in [-0.1, -0.05) is 0 Å². The van der Waals surface area contributed by atoms with Crippen LogP contribution in [0.25, 0.3) is 0 Å². The highest BCUT2D eigenvalue weighted by molar-refractivity contribution is 5.37. The molecule has 0 aromatic heterocycles. The molecule has 8 heteroatoms. The largest absolute Gasteiger partial charge is 0.492 e. The third-order valence-corrected chi connectivity index (χ3v) is 2.07. The van der Waals surface area contributed by atoms with Crippen molar-refractivity contribution in [3.63, 3.8) is 0 Å². The zero-order chi connectivity index (χ0) is 14.8. The zero-order valence-corrected chi connectivity index (χ0v) is 9.77. The van der Waals surface area contributed by atoms with E-state index in [0.717, 1.165) is 0 Å². The van der Waals surface area contributed by atoms with Crippen LogP contribution in [-0.2, 0) is 12.4 Å². The molecule has 2 nitrogen and oxygen atoms in total. The lowest BCUT2D eigenvalue weighted by Crippen LogP contribution is -2.24. The summed E-state index contributed by atoms with van der Waals surface area (Å²) >= 11 is 0. The van der Waals surface area contributed by atoms with Gasteiger partial charge in [0.05, 0.1) is 11.1 Å². The molecule has 2 N–H and O–H groups in total. The molecule has 1 aromatic carbocycles. The summed E-state index contributed by atoms with van der Waals surface area (Å²) in [7, 11) is 0. The number of hydrogen-bond donors (Lipinski definition) is 1. The van der Waals surface area contributed by atoms with E-state index in [1.807, 2.05) is 0 Å². The Balaban J connectivity index is 3.17. The minimum Gasteiger partial charge on any atom is -0.492 e. The molecule has 0 spiro atoms. The fourth-order valence-electron chi connectivity index (χ4n) is 1.24. The van der Waals surface area contributed by atoms with Crippen LogP contribution in [0.1, 0.15) is 18.1 Å². The molecule has 108 valence electrons. The van der Waals surface area contributed by atoms with Crippen LogP contribution < -0.4 is 10.5 Å². The number of ether oxygens (including phenoxy) is 1. The van der Waals surface area contributed by atoms with E-state index in [0.29, 0.717) is 12.1 Å². The van der Waals surface area contributed by atoms with E-state index in [4.69, 9.17) is 10.5 Å². The number of halogens is 6. The van der Waals surface area contributed by atoms with Crippen LogP contribution in [0.2, 0.25) is 0 Å². The van der Waals surface area contributed by atoms with E-state index >= 15 is 0 Å². The number of alkyl halides is 6. The van der Waals surface area contributed by atoms with E-state index in [1.54, 1.807) is 0 Å². The molecule has 0 radical (unpaired) electrons. The molecule has 1 atom stereocenters. The molecular weight excluding hydrogens is 276 g/mol. The van der Waals surface area contributed by atoms with Gasteiger partial charge < -0.3 is 10.5 Å². The average Bonchev–Trinajstić information content (AvgIpc) is 2.23. The standard InChI is InChI=1S/C11H11F6NO/c1-6(18)5-19-9-3-7(10(12,13)14)2-8(4-9)11(15,16)17/h2-4,6H,5,18H2,1H3. The molecule has 0 aliphatic rings. The van der Waals surface area contributed by atoms with Crippen molar-refractivity contribution in [3.8, 4) is 5.75 Å². The van der Waals surface area contributed by atoms with Crippen molar-refractivity contribution < 1.29 is 31.1 Å². The van der Waals surface area contributed by atoms with Gasteiger partial charge in [-0.2, -0.15) is 26.3 Å². The van der Waals surface area contributed by atoms with Crippen LogP contribution in [-0.4, -0.2) is 12.6 Å². The molecule has 0 amide bonds. The van der Waals surface area contributed by atoms with Crippen LogP contribution in [0.15, 0.2) is 18.2 Å². The molecule has 19 heavy (non-hydrogen) atoms. The predicted octanol–water partition coefficient (Wildman–Crippen LogP) is 3.45. The van der Waals surface area contributed by atoms with Crippen LogP contribution in [0.4, 0.5) is 26.3 Å². The second kappa shape index (κ2) is 5.28. The quantitative estimate of drug-likeness (QED) is 0.864. The van der Waals surface area contributed by atoms with Crippen molar-refractivity contribution in [2.45, 2.75) is 25.3 Å². The Bertz CT molecular complexity index is 406. The van der Waals surface area contributed by atoms with E-state index < -0.39 is 35.3 Å². The Morgan fingerprint density at radius 1 is 1.00 bits per heavy atom. The van der Waals surface area contributed by atoms with Gasteiger partial charge in [-0.3, -0.25) is 0 Å². The number of hydrogen-bond acceptors (Lipinski definition) is 2. The second-order valence-electron chi connectivity index (χ2n) is 4.03. The smallest absolute Gasteiger partial charge is 0.416 e. The van der Waals surface area contributed by atoms with Crippen LogP contribution in [0, 0.1) is 0 Å². The minimum absolute atomic E-state index is 0.0404. The molecule has 0 heterocycles. The highest BCUT2D eigenvalue weighted by Gasteiger charge is 2.37. The van der Waals surface area contributed by atoms with Crippen LogP contribution in [0.3, 0.4) is 0 Å². The summed E-state index contributed by atoms with van der Waals surface area (Å²) in [6, 6.07) is 0.553. The van der Waals surface area contributed by atoms with E-state index in [1.165, 1.54) is 6.92 Å². The van der Waals surface area contributed by atoms with Crippen LogP contribution >= 0.6 is 0 Å². The first-order valence-electron chi connectivity index (χ1n) is 5.18. The maximum Gasteiger partial charge on any atom is 0.416 e. The topological polar surface area (TPSA) is 35.2 Å². The molecule has 0 aliphatic carbocycles. The van der Waals surface area contributed by atoms with Crippen molar-refractivity contribution in [3.05, 3.63) is 29.3 Å². The molecule has 1 unspecified atom stereocenters. The highest BCUT2D eigenvalue weighted by atomic mass is 19.4. The van der Waals surface area contributed by atoms with Crippen molar-refractivity contribution in [2.75, 3.05) is 6.61 Å². The Morgan fingerprint density at radius 2 is 1.42 bits per heavy atom. The minimum atomic E-state index is -4.88. The average molecular weight is 287 g/mol. The third-order valence-electron chi connectivity index (χ3n) is 2.07. The number of nitrogens with two attached hydrogens (primary N) is 1. The molecule has 0 fully saturated rings. The number of rotatable bonds is 3. The summed E-state index contributed by atoms with van der Waals surface area (Å²) in [5, 5.41) is 0. The van der Waals surface area contributed by atoms with Crippen molar-refractivity contribution in [2.24, 2.45) is 5.73 Å². The van der Waals surface area contributed by atoms with Gasteiger partial charge in [-0.25, -0.2) is 0 Å². The number of benzene rings is 1. The maximum absolute atomic E-state index is 12.5. The molecular formula is C11H11F6NO. The normalized spacial score (nSPS) is 14.3. The maximum atomic E-state index is 12.5. The van der Waals surface area contributed by atoms with E-state index in [9.17, 15) is 26.3 Å². The molecule has 0 saturated heterocycles. The molecule has 1 rings (SSSR count). The lowest BCUT2D eigenvalue weighted by molar-refractivity contribution is -0.143. The van der Waals surface area contributed by atoms with E-state index in [-0.39, 0.29) is 12.7 Å². The summed E-state index contributed by atoms with van der Waals surface area (Å²) in [4.78, 5) is 0. The van der Waals surface area contributed by atoms with Gasteiger partial charge in [0.2, 0.25) is 0 Å². The third kappa shape index (κ3) is 4.62. The zero-order valence-electron chi connectivity index (χ0n) is 9.77. The van der Waals surface area contributed by atoms with Crippen molar-refractivity contribution in [1.29, 1.82) is 0 Å². The van der Waals surface area contributed by atoms with Gasteiger partial charge in [0.1, 0.15) is 12.4 Å². The summed E-state index contributed by atoms with van der Waals surface area (Å²) in [5.74, 6) is -0.514. The summed E-state index contributed by atoms with van der Waals surface area (Å²) < 4.78 is 79.7. The van der Waals surface area contributed by atoms with Gasteiger partial charge in [-0.15, -0.1) is 0 Å². The Labute approximate surface area is 105 Å². The van der Waals surface area contributed by atoms with Gasteiger partial charge >= 0.3 is 12.4 Å². The highest BCUT2D eigenvalue weighted by Crippen LogP contribution is 2.38. The lowest BCUT2D eigenvalue weighted by Gasteiger charge is -2.15. The Hall–Kier alpha value is -1.44. The predicted molar refractivity (Wildman–Crippen MR) is 55.6 cm³/mol. The lowest BCUT2D eigenvalue weighted by atomic mass is 10.1. The molecule has 0 saturated carbocycles. The van der Waals surface area contributed by atoms with Crippen molar-refractivity contribution in [1.82, 2.24) is 0 Å². The van der Waals surface area contributed by atoms with Gasteiger partial charge in [-0.05, 0) is 25.1 Å². The second-order valence-corrected chi connectivity index (χ2v) is 4.03. The first kappa shape index (κ1) is 15.6. The van der Waals surface area contributed by atoms with Gasteiger partial charge in [0.25, 0.3) is 0 Å². The Kier molecular flexibility index (Phi) is 4.34. The first-order chi connectivity index (χ1) is 8.50.